The Hall–Kier alpha value is -2.14. The number of rotatable bonds is 5. The normalized spacial score (nSPS) is 16.3. The highest BCUT2D eigenvalue weighted by Gasteiger charge is 2.35. The number of halogens is 4. The Morgan fingerprint density at radius 3 is 2.35 bits per heavy atom. The summed E-state index contributed by atoms with van der Waals surface area (Å²) < 4.78 is 66.3. The molecule has 1 N–H and O–H groups in total. The van der Waals surface area contributed by atoms with E-state index in [1.165, 1.54) is 13.0 Å². The number of piperazine rings is 1. The molecule has 1 amide bonds. The van der Waals surface area contributed by atoms with E-state index in [9.17, 15) is 26.4 Å². The van der Waals surface area contributed by atoms with Crippen LogP contribution in [0, 0.1) is 6.92 Å². The highest BCUT2D eigenvalue weighted by Crippen LogP contribution is 2.34. The molecule has 0 atom stereocenters. The van der Waals surface area contributed by atoms with Gasteiger partial charge >= 0.3 is 6.18 Å². The lowest BCUT2D eigenvalue weighted by atomic mass is 10.1. The van der Waals surface area contributed by atoms with Gasteiger partial charge in [-0.1, -0.05) is 29.8 Å². The highest BCUT2D eigenvalue weighted by molar-refractivity contribution is 7.89. The fourth-order valence-corrected chi connectivity index (χ4v) is 4.93. The standard InChI is InChI=1S/C20H21ClF3N3O3S/c1-14-6-7-15(12-16(14)20(22,23)24)31(29,30)27-10-8-26(9-11-27)13-19(28)25-18-5-3-2-4-17(18)21/h2-7,12H,8-11,13H2,1H3,(H,25,28). The lowest BCUT2D eigenvalue weighted by molar-refractivity contribution is -0.138. The first-order chi connectivity index (χ1) is 14.5. The lowest BCUT2D eigenvalue weighted by Crippen LogP contribution is -2.50. The Bertz CT molecular complexity index is 1070. The third-order valence-electron chi connectivity index (χ3n) is 5.00. The van der Waals surface area contributed by atoms with Crippen molar-refractivity contribution < 1.29 is 26.4 Å². The zero-order valence-corrected chi connectivity index (χ0v) is 18.2. The molecule has 1 heterocycles. The number of nitrogens with one attached hydrogen (secondary N) is 1. The number of hydrogen-bond acceptors (Lipinski definition) is 4. The summed E-state index contributed by atoms with van der Waals surface area (Å²) in [5.74, 6) is -0.294. The molecule has 2 aromatic rings. The van der Waals surface area contributed by atoms with Gasteiger partial charge in [-0.2, -0.15) is 17.5 Å². The summed E-state index contributed by atoms with van der Waals surface area (Å²) in [7, 11) is -4.08. The molecule has 0 aromatic heterocycles. The van der Waals surface area contributed by atoms with E-state index in [0.29, 0.717) is 16.8 Å². The van der Waals surface area contributed by atoms with Crippen LogP contribution in [-0.2, 0) is 21.0 Å². The zero-order valence-electron chi connectivity index (χ0n) is 16.6. The minimum absolute atomic E-state index is 0.0409. The van der Waals surface area contributed by atoms with Gasteiger partial charge in [0.1, 0.15) is 0 Å². The van der Waals surface area contributed by atoms with E-state index in [4.69, 9.17) is 11.6 Å². The Morgan fingerprint density at radius 2 is 1.74 bits per heavy atom. The quantitative estimate of drug-likeness (QED) is 0.717. The average molecular weight is 476 g/mol. The van der Waals surface area contributed by atoms with Crippen LogP contribution in [0.15, 0.2) is 47.4 Å². The Balaban J connectivity index is 1.62. The molecule has 1 saturated heterocycles. The second-order valence-electron chi connectivity index (χ2n) is 7.18. The van der Waals surface area contributed by atoms with Crippen molar-refractivity contribution in [2.75, 3.05) is 38.0 Å². The van der Waals surface area contributed by atoms with Gasteiger partial charge < -0.3 is 5.32 Å². The van der Waals surface area contributed by atoms with Gasteiger partial charge in [-0.3, -0.25) is 9.69 Å². The number of alkyl halides is 3. The van der Waals surface area contributed by atoms with Gasteiger partial charge in [0.2, 0.25) is 15.9 Å². The van der Waals surface area contributed by atoms with Crippen LogP contribution in [-0.4, -0.2) is 56.3 Å². The molecule has 3 rings (SSSR count). The van der Waals surface area contributed by atoms with Crippen molar-refractivity contribution in [3.63, 3.8) is 0 Å². The molecule has 11 heteroatoms. The fourth-order valence-electron chi connectivity index (χ4n) is 3.30. The maximum Gasteiger partial charge on any atom is 0.416 e. The monoisotopic (exact) mass is 475 g/mol. The first kappa shape index (κ1) is 23.5. The molecule has 0 aliphatic carbocycles. The van der Waals surface area contributed by atoms with Crippen molar-refractivity contribution in [1.82, 2.24) is 9.21 Å². The van der Waals surface area contributed by atoms with Crippen molar-refractivity contribution >= 4 is 33.2 Å². The van der Waals surface area contributed by atoms with Crippen LogP contribution in [0.1, 0.15) is 11.1 Å². The summed E-state index contributed by atoms with van der Waals surface area (Å²) in [4.78, 5) is 13.6. The number of carbonyl (C=O) groups is 1. The van der Waals surface area contributed by atoms with Crippen molar-refractivity contribution in [2.45, 2.75) is 18.0 Å². The molecule has 0 spiro atoms. The van der Waals surface area contributed by atoms with E-state index >= 15 is 0 Å². The Labute approximate surface area is 183 Å². The third kappa shape index (κ3) is 5.57. The topological polar surface area (TPSA) is 69.7 Å². The predicted molar refractivity (Wildman–Crippen MR) is 111 cm³/mol. The van der Waals surface area contributed by atoms with Crippen molar-refractivity contribution in [2.24, 2.45) is 0 Å². The van der Waals surface area contributed by atoms with E-state index in [-0.39, 0.29) is 44.2 Å². The molecular weight excluding hydrogens is 455 g/mol. The number of para-hydroxylation sites is 1. The van der Waals surface area contributed by atoms with Gasteiger partial charge in [0.05, 0.1) is 27.7 Å². The number of aryl methyl sites for hydroxylation is 1. The number of carbonyl (C=O) groups excluding carboxylic acids is 1. The molecule has 1 fully saturated rings. The molecule has 1 aliphatic heterocycles. The minimum atomic E-state index is -4.64. The summed E-state index contributed by atoms with van der Waals surface area (Å²) in [6.45, 7) is 2.00. The summed E-state index contributed by atoms with van der Waals surface area (Å²) in [6, 6.07) is 9.81. The maximum absolute atomic E-state index is 13.2. The molecular formula is C20H21ClF3N3O3S. The molecule has 0 radical (unpaired) electrons. The largest absolute Gasteiger partial charge is 0.416 e. The van der Waals surface area contributed by atoms with Crippen LogP contribution in [0.5, 0.6) is 0 Å². The SMILES string of the molecule is Cc1ccc(S(=O)(=O)N2CCN(CC(=O)Nc3ccccc3Cl)CC2)cc1C(F)(F)F. The second-order valence-corrected chi connectivity index (χ2v) is 9.53. The Morgan fingerprint density at radius 1 is 1.10 bits per heavy atom. The smallest absolute Gasteiger partial charge is 0.324 e. The second kappa shape index (κ2) is 9.15. The van der Waals surface area contributed by atoms with Gasteiger partial charge in [0.25, 0.3) is 0 Å². The molecule has 0 unspecified atom stereocenters. The van der Waals surface area contributed by atoms with Gasteiger partial charge in [0.15, 0.2) is 0 Å². The molecule has 6 nitrogen and oxygen atoms in total. The summed E-state index contributed by atoms with van der Waals surface area (Å²) in [5, 5.41) is 3.11. The van der Waals surface area contributed by atoms with Crippen LogP contribution in [0.4, 0.5) is 18.9 Å². The molecule has 0 saturated carbocycles. The maximum atomic E-state index is 13.2. The van der Waals surface area contributed by atoms with Crippen LogP contribution >= 0.6 is 11.6 Å². The first-order valence-electron chi connectivity index (χ1n) is 9.43. The van der Waals surface area contributed by atoms with Gasteiger partial charge in [-0.05, 0) is 36.8 Å². The summed E-state index contributed by atoms with van der Waals surface area (Å²) in [6.07, 6.45) is -4.64. The van der Waals surface area contributed by atoms with Gasteiger partial charge in [0, 0.05) is 26.2 Å². The van der Waals surface area contributed by atoms with Crippen LogP contribution in [0.25, 0.3) is 0 Å². The van der Waals surface area contributed by atoms with E-state index in [1.807, 2.05) is 0 Å². The number of nitrogens with zero attached hydrogens (tertiary/aromatic N) is 2. The number of amides is 1. The highest BCUT2D eigenvalue weighted by atomic mass is 35.5. The Kier molecular flexibility index (Phi) is 6.95. The minimum Gasteiger partial charge on any atom is -0.324 e. The van der Waals surface area contributed by atoms with Crippen LogP contribution < -0.4 is 5.32 Å². The van der Waals surface area contributed by atoms with Gasteiger partial charge in [-0.15, -0.1) is 0 Å². The van der Waals surface area contributed by atoms with Crippen molar-refractivity contribution in [3.05, 3.63) is 58.6 Å². The van der Waals surface area contributed by atoms with E-state index in [0.717, 1.165) is 10.4 Å². The van der Waals surface area contributed by atoms with Crippen LogP contribution in [0.2, 0.25) is 5.02 Å². The number of hydrogen-bond donors (Lipinski definition) is 1. The molecule has 1 aliphatic rings. The summed E-state index contributed by atoms with van der Waals surface area (Å²) >= 11 is 6.02. The molecule has 168 valence electrons. The number of sulfonamides is 1. The fraction of sp³-hybridized carbons (Fsp3) is 0.350. The molecule has 31 heavy (non-hydrogen) atoms. The summed E-state index contributed by atoms with van der Waals surface area (Å²) in [5.41, 5.74) is -0.528. The van der Waals surface area contributed by atoms with Crippen molar-refractivity contribution in [1.29, 1.82) is 0 Å². The number of anilines is 1. The third-order valence-corrected chi connectivity index (χ3v) is 7.22. The van der Waals surface area contributed by atoms with Gasteiger partial charge in [-0.25, -0.2) is 8.42 Å². The van der Waals surface area contributed by atoms with Crippen molar-refractivity contribution in [3.8, 4) is 0 Å². The molecule has 0 bridgehead atoms. The molecule has 2 aromatic carbocycles. The van der Waals surface area contributed by atoms with E-state index < -0.39 is 26.7 Å². The van der Waals surface area contributed by atoms with Crippen LogP contribution in [0.3, 0.4) is 0 Å². The van der Waals surface area contributed by atoms with E-state index in [2.05, 4.69) is 5.32 Å². The average Bonchev–Trinajstić information content (AvgIpc) is 2.69. The van der Waals surface area contributed by atoms with E-state index in [1.54, 1.807) is 29.2 Å². The first-order valence-corrected chi connectivity index (χ1v) is 11.2. The predicted octanol–water partition coefficient (Wildman–Crippen LogP) is 3.61. The zero-order chi connectivity index (χ0) is 22.8. The number of benzene rings is 2. The lowest BCUT2D eigenvalue weighted by Gasteiger charge is -2.33.